The van der Waals surface area contributed by atoms with Gasteiger partial charge in [0.15, 0.2) is 5.82 Å². The number of aryl methyl sites for hydroxylation is 1. The van der Waals surface area contributed by atoms with E-state index in [0.29, 0.717) is 0 Å². The van der Waals surface area contributed by atoms with Gasteiger partial charge in [0.05, 0.1) is 11.7 Å². The first-order valence-electron chi connectivity index (χ1n) is 7.97. The summed E-state index contributed by atoms with van der Waals surface area (Å²) in [5.74, 6) is 2.41. The average molecular weight is 314 g/mol. The summed E-state index contributed by atoms with van der Waals surface area (Å²) in [4.78, 5) is 18.9. The Bertz CT molecular complexity index is 677. The number of furan rings is 1. The van der Waals surface area contributed by atoms with Crippen LogP contribution in [-0.4, -0.2) is 24.1 Å². The highest BCUT2D eigenvalue weighted by Gasteiger charge is 2.19. The SMILES string of the molecule is Cc1ccc([C@H](C)NC(=O)Nc2cccnc2N2CCCC2)o1. The summed E-state index contributed by atoms with van der Waals surface area (Å²) in [7, 11) is 0. The van der Waals surface area contributed by atoms with E-state index in [0.717, 1.165) is 49.0 Å². The molecule has 0 saturated carbocycles. The summed E-state index contributed by atoms with van der Waals surface area (Å²) in [5, 5.41) is 5.78. The Labute approximate surface area is 135 Å². The maximum absolute atomic E-state index is 12.3. The molecule has 2 amide bonds. The molecule has 23 heavy (non-hydrogen) atoms. The molecule has 1 fully saturated rings. The molecule has 122 valence electrons. The topological polar surface area (TPSA) is 70.4 Å². The van der Waals surface area contributed by atoms with Crippen LogP contribution in [0.3, 0.4) is 0 Å². The molecule has 2 aromatic rings. The quantitative estimate of drug-likeness (QED) is 0.906. The van der Waals surface area contributed by atoms with Gasteiger partial charge in [-0.2, -0.15) is 0 Å². The predicted octanol–water partition coefficient (Wildman–Crippen LogP) is 3.47. The van der Waals surface area contributed by atoms with Crippen molar-refractivity contribution in [3.8, 4) is 0 Å². The van der Waals surface area contributed by atoms with Crippen molar-refractivity contribution in [3.63, 3.8) is 0 Å². The zero-order valence-electron chi connectivity index (χ0n) is 13.5. The van der Waals surface area contributed by atoms with Gasteiger partial charge in [0, 0.05) is 19.3 Å². The third-order valence-corrected chi connectivity index (χ3v) is 3.98. The highest BCUT2D eigenvalue weighted by atomic mass is 16.3. The fraction of sp³-hybridized carbons (Fsp3) is 0.412. The summed E-state index contributed by atoms with van der Waals surface area (Å²) >= 11 is 0. The van der Waals surface area contributed by atoms with Crippen LogP contribution >= 0.6 is 0 Å². The Hall–Kier alpha value is -2.50. The van der Waals surface area contributed by atoms with E-state index < -0.39 is 0 Å². The fourth-order valence-corrected chi connectivity index (χ4v) is 2.79. The smallest absolute Gasteiger partial charge is 0.319 e. The van der Waals surface area contributed by atoms with Crippen molar-refractivity contribution in [2.75, 3.05) is 23.3 Å². The van der Waals surface area contributed by atoms with Crippen LogP contribution in [0, 0.1) is 6.92 Å². The van der Waals surface area contributed by atoms with Gasteiger partial charge in [-0.15, -0.1) is 0 Å². The number of hydrogen-bond donors (Lipinski definition) is 2. The van der Waals surface area contributed by atoms with Crippen LogP contribution in [0.5, 0.6) is 0 Å². The second kappa shape index (κ2) is 6.73. The predicted molar refractivity (Wildman–Crippen MR) is 89.7 cm³/mol. The van der Waals surface area contributed by atoms with E-state index in [1.807, 2.05) is 38.1 Å². The Balaban J connectivity index is 1.66. The van der Waals surface area contributed by atoms with Gasteiger partial charge >= 0.3 is 6.03 Å². The molecule has 1 aliphatic heterocycles. The van der Waals surface area contributed by atoms with E-state index in [1.165, 1.54) is 0 Å². The lowest BCUT2D eigenvalue weighted by Gasteiger charge is -2.20. The van der Waals surface area contributed by atoms with E-state index in [2.05, 4.69) is 20.5 Å². The molecule has 0 spiro atoms. The molecular weight excluding hydrogens is 292 g/mol. The van der Waals surface area contributed by atoms with Gasteiger partial charge in [-0.3, -0.25) is 0 Å². The molecular formula is C17H22N4O2. The molecule has 0 aliphatic carbocycles. The van der Waals surface area contributed by atoms with Crippen molar-refractivity contribution in [2.24, 2.45) is 0 Å². The summed E-state index contributed by atoms with van der Waals surface area (Å²) in [6, 6.07) is 7.00. The van der Waals surface area contributed by atoms with E-state index in [-0.39, 0.29) is 12.1 Å². The van der Waals surface area contributed by atoms with Gasteiger partial charge in [-0.25, -0.2) is 9.78 Å². The van der Waals surface area contributed by atoms with Crippen molar-refractivity contribution >= 4 is 17.5 Å². The lowest BCUT2D eigenvalue weighted by atomic mass is 10.2. The lowest BCUT2D eigenvalue weighted by molar-refractivity contribution is 0.247. The molecule has 2 N–H and O–H groups in total. The van der Waals surface area contributed by atoms with Crippen LogP contribution in [0.15, 0.2) is 34.9 Å². The molecule has 0 bridgehead atoms. The zero-order valence-corrected chi connectivity index (χ0v) is 13.5. The van der Waals surface area contributed by atoms with Crippen LogP contribution in [0.4, 0.5) is 16.3 Å². The first kappa shape index (κ1) is 15.4. The Morgan fingerprint density at radius 1 is 1.30 bits per heavy atom. The normalized spacial score (nSPS) is 15.5. The molecule has 6 nitrogen and oxygen atoms in total. The minimum Gasteiger partial charge on any atom is -0.464 e. The summed E-state index contributed by atoms with van der Waals surface area (Å²) in [5.41, 5.74) is 0.731. The monoisotopic (exact) mass is 314 g/mol. The number of nitrogens with zero attached hydrogens (tertiary/aromatic N) is 2. The van der Waals surface area contributed by atoms with Gasteiger partial charge in [0.25, 0.3) is 0 Å². The van der Waals surface area contributed by atoms with Crippen LogP contribution in [0.2, 0.25) is 0 Å². The molecule has 1 atom stereocenters. The maximum atomic E-state index is 12.3. The second-order valence-electron chi connectivity index (χ2n) is 5.84. The minimum atomic E-state index is -0.264. The highest BCUT2D eigenvalue weighted by molar-refractivity contribution is 5.92. The van der Waals surface area contributed by atoms with Crippen LogP contribution in [0.25, 0.3) is 0 Å². The number of amides is 2. The van der Waals surface area contributed by atoms with E-state index in [4.69, 9.17) is 4.42 Å². The molecule has 0 aromatic carbocycles. The minimum absolute atomic E-state index is 0.199. The molecule has 3 heterocycles. The average Bonchev–Trinajstić information content (AvgIpc) is 3.19. The molecule has 0 unspecified atom stereocenters. The molecule has 0 radical (unpaired) electrons. The number of urea groups is 1. The van der Waals surface area contributed by atoms with E-state index in [9.17, 15) is 4.79 Å². The van der Waals surface area contributed by atoms with Crippen molar-refractivity contribution in [1.82, 2.24) is 10.3 Å². The van der Waals surface area contributed by atoms with Gasteiger partial charge in [-0.1, -0.05) is 0 Å². The van der Waals surface area contributed by atoms with Crippen molar-refractivity contribution in [3.05, 3.63) is 42.0 Å². The number of carbonyl (C=O) groups is 1. The number of nitrogens with one attached hydrogen (secondary N) is 2. The van der Waals surface area contributed by atoms with Gasteiger partial charge in [-0.05, 0) is 51.0 Å². The van der Waals surface area contributed by atoms with Crippen LogP contribution in [-0.2, 0) is 0 Å². The molecule has 3 rings (SSSR count). The van der Waals surface area contributed by atoms with Crippen LogP contribution in [0.1, 0.15) is 37.3 Å². The number of pyridine rings is 1. The van der Waals surface area contributed by atoms with Crippen molar-refractivity contribution in [2.45, 2.75) is 32.7 Å². The third-order valence-electron chi connectivity index (χ3n) is 3.98. The molecule has 1 saturated heterocycles. The van der Waals surface area contributed by atoms with Gasteiger partial charge in [0.1, 0.15) is 11.5 Å². The van der Waals surface area contributed by atoms with Crippen molar-refractivity contribution < 1.29 is 9.21 Å². The van der Waals surface area contributed by atoms with Crippen molar-refractivity contribution in [1.29, 1.82) is 0 Å². The largest absolute Gasteiger partial charge is 0.464 e. The molecule has 2 aromatic heterocycles. The third kappa shape index (κ3) is 3.64. The van der Waals surface area contributed by atoms with E-state index >= 15 is 0 Å². The maximum Gasteiger partial charge on any atom is 0.319 e. The Kier molecular flexibility index (Phi) is 4.50. The standard InChI is InChI=1S/C17H22N4O2/c1-12-7-8-15(23-12)13(2)19-17(22)20-14-6-5-9-18-16(14)21-10-3-4-11-21/h5-9,13H,3-4,10-11H2,1-2H3,(H2,19,20,22)/t13-/m0/s1. The lowest BCUT2D eigenvalue weighted by Crippen LogP contribution is -2.32. The van der Waals surface area contributed by atoms with Crippen LogP contribution < -0.4 is 15.5 Å². The van der Waals surface area contributed by atoms with E-state index in [1.54, 1.807) is 6.20 Å². The number of rotatable bonds is 4. The number of anilines is 2. The number of carbonyl (C=O) groups excluding carboxylic acids is 1. The first-order chi connectivity index (χ1) is 11.1. The number of aromatic nitrogens is 1. The fourth-order valence-electron chi connectivity index (χ4n) is 2.79. The number of hydrogen-bond acceptors (Lipinski definition) is 4. The highest BCUT2D eigenvalue weighted by Crippen LogP contribution is 2.26. The molecule has 6 heteroatoms. The zero-order chi connectivity index (χ0) is 16.2. The summed E-state index contributed by atoms with van der Waals surface area (Å²) < 4.78 is 5.54. The molecule has 1 aliphatic rings. The van der Waals surface area contributed by atoms with Gasteiger partial charge < -0.3 is 20.0 Å². The summed E-state index contributed by atoms with van der Waals surface area (Å²) in [6.07, 6.45) is 4.08. The van der Waals surface area contributed by atoms with Gasteiger partial charge in [0.2, 0.25) is 0 Å². The first-order valence-corrected chi connectivity index (χ1v) is 7.97. The second-order valence-corrected chi connectivity index (χ2v) is 5.84. The Morgan fingerprint density at radius 2 is 2.09 bits per heavy atom. The summed E-state index contributed by atoms with van der Waals surface area (Å²) in [6.45, 7) is 5.74. The Morgan fingerprint density at radius 3 is 2.78 bits per heavy atom.